The summed E-state index contributed by atoms with van der Waals surface area (Å²) in [7, 11) is 1.43. The van der Waals surface area contributed by atoms with Gasteiger partial charge in [-0.2, -0.15) is 13.2 Å². The SMILES string of the molecule is COc1cc(C(=O)OCc2cccc(C(F)(F)F)c2)ccc1OCc1c(C)noc1C. The minimum absolute atomic E-state index is 0.175. The van der Waals surface area contributed by atoms with Crippen molar-refractivity contribution in [3.05, 3.63) is 76.2 Å². The van der Waals surface area contributed by atoms with E-state index in [4.69, 9.17) is 18.7 Å². The maximum absolute atomic E-state index is 12.8. The number of halogens is 3. The molecule has 0 saturated heterocycles. The number of methoxy groups -OCH3 is 1. The fourth-order valence-corrected chi connectivity index (χ4v) is 2.84. The molecule has 0 atom stereocenters. The smallest absolute Gasteiger partial charge is 0.416 e. The van der Waals surface area contributed by atoms with E-state index in [0.29, 0.717) is 23.0 Å². The van der Waals surface area contributed by atoms with Crippen molar-refractivity contribution < 1.29 is 36.7 Å². The molecule has 0 spiro atoms. The van der Waals surface area contributed by atoms with Crippen molar-refractivity contribution in [1.82, 2.24) is 5.16 Å². The number of aryl methyl sites for hydroxylation is 2. The van der Waals surface area contributed by atoms with Crippen molar-refractivity contribution >= 4 is 5.97 Å². The highest BCUT2D eigenvalue weighted by Gasteiger charge is 2.30. The molecule has 0 aliphatic heterocycles. The number of aromatic nitrogens is 1. The van der Waals surface area contributed by atoms with Crippen LogP contribution >= 0.6 is 0 Å². The number of carbonyl (C=O) groups is 1. The molecule has 3 aromatic rings. The van der Waals surface area contributed by atoms with E-state index in [1.54, 1.807) is 19.9 Å². The van der Waals surface area contributed by atoms with E-state index in [-0.39, 0.29) is 24.3 Å². The summed E-state index contributed by atoms with van der Waals surface area (Å²) < 4.78 is 59.7. The quantitative estimate of drug-likeness (QED) is 0.472. The van der Waals surface area contributed by atoms with Crippen LogP contribution in [0.3, 0.4) is 0 Å². The number of ether oxygens (including phenoxy) is 3. The van der Waals surface area contributed by atoms with Gasteiger partial charge in [0.05, 0.1) is 29.5 Å². The van der Waals surface area contributed by atoms with E-state index in [2.05, 4.69) is 5.16 Å². The molecule has 0 saturated carbocycles. The van der Waals surface area contributed by atoms with Gasteiger partial charge in [0.15, 0.2) is 11.5 Å². The number of alkyl halides is 3. The van der Waals surface area contributed by atoms with Gasteiger partial charge in [-0.25, -0.2) is 4.79 Å². The van der Waals surface area contributed by atoms with Crippen LogP contribution in [0.1, 0.15) is 38.5 Å². The van der Waals surface area contributed by atoms with E-state index in [1.165, 1.54) is 31.4 Å². The third kappa shape index (κ3) is 5.36. The third-order valence-electron chi connectivity index (χ3n) is 4.58. The minimum Gasteiger partial charge on any atom is -0.493 e. The molecule has 0 fully saturated rings. The van der Waals surface area contributed by atoms with E-state index in [1.807, 2.05) is 0 Å². The summed E-state index contributed by atoms with van der Waals surface area (Å²) in [6.07, 6.45) is -4.47. The zero-order valence-electron chi connectivity index (χ0n) is 17.1. The van der Waals surface area contributed by atoms with Crippen molar-refractivity contribution in [3.8, 4) is 11.5 Å². The van der Waals surface area contributed by atoms with Crippen LogP contribution in [-0.2, 0) is 24.1 Å². The fraction of sp³-hybridized carbons (Fsp3) is 0.273. The van der Waals surface area contributed by atoms with Crippen molar-refractivity contribution in [2.75, 3.05) is 7.11 Å². The molecule has 0 amide bonds. The Hall–Kier alpha value is -3.49. The standard InChI is InChI=1S/C22H20F3NO5/c1-13-18(14(2)31-26-13)12-29-19-8-7-16(10-20(19)28-3)21(27)30-11-15-5-4-6-17(9-15)22(23,24)25/h4-10H,11-12H2,1-3H3. The number of nitrogens with zero attached hydrogens (tertiary/aromatic N) is 1. The van der Waals surface area contributed by atoms with Crippen LogP contribution in [0.5, 0.6) is 11.5 Å². The molecule has 0 unspecified atom stereocenters. The normalized spacial score (nSPS) is 11.3. The number of carbonyl (C=O) groups excluding carboxylic acids is 1. The third-order valence-corrected chi connectivity index (χ3v) is 4.58. The van der Waals surface area contributed by atoms with Crippen LogP contribution in [0.2, 0.25) is 0 Å². The predicted octanol–water partition coefficient (Wildman–Crippen LogP) is 5.25. The van der Waals surface area contributed by atoms with Crippen LogP contribution in [-0.4, -0.2) is 18.2 Å². The summed E-state index contributed by atoms with van der Waals surface area (Å²) in [5, 5.41) is 3.86. The number of benzene rings is 2. The Morgan fingerprint density at radius 3 is 2.48 bits per heavy atom. The van der Waals surface area contributed by atoms with Crippen molar-refractivity contribution in [2.24, 2.45) is 0 Å². The minimum atomic E-state index is -4.47. The van der Waals surface area contributed by atoms with Gasteiger partial charge in [-0.15, -0.1) is 0 Å². The molecule has 1 heterocycles. The summed E-state index contributed by atoms with van der Waals surface area (Å²) >= 11 is 0. The number of rotatable bonds is 7. The molecule has 0 aliphatic carbocycles. The molecule has 0 bridgehead atoms. The average molecular weight is 435 g/mol. The summed E-state index contributed by atoms with van der Waals surface area (Å²) in [6, 6.07) is 9.10. The molecule has 31 heavy (non-hydrogen) atoms. The second-order valence-electron chi connectivity index (χ2n) is 6.73. The Bertz CT molecular complexity index is 1060. The molecule has 0 radical (unpaired) electrons. The number of esters is 1. The van der Waals surface area contributed by atoms with Crippen LogP contribution in [0, 0.1) is 13.8 Å². The summed E-state index contributed by atoms with van der Waals surface area (Å²) in [5.41, 5.74) is 1.13. The first kappa shape index (κ1) is 22.2. The largest absolute Gasteiger partial charge is 0.493 e. The highest BCUT2D eigenvalue weighted by molar-refractivity contribution is 5.90. The van der Waals surface area contributed by atoms with Gasteiger partial charge in [-0.3, -0.25) is 0 Å². The van der Waals surface area contributed by atoms with E-state index < -0.39 is 17.7 Å². The number of hydrogen-bond donors (Lipinski definition) is 0. The van der Waals surface area contributed by atoms with Gasteiger partial charge in [0.2, 0.25) is 0 Å². The van der Waals surface area contributed by atoms with Gasteiger partial charge in [0.1, 0.15) is 19.0 Å². The topological polar surface area (TPSA) is 70.8 Å². The molecule has 3 rings (SSSR count). The summed E-state index contributed by atoms with van der Waals surface area (Å²) in [6.45, 7) is 3.49. The van der Waals surface area contributed by atoms with E-state index >= 15 is 0 Å². The van der Waals surface area contributed by atoms with E-state index in [9.17, 15) is 18.0 Å². The Morgan fingerprint density at radius 2 is 1.84 bits per heavy atom. The Labute approximate surface area is 176 Å². The van der Waals surface area contributed by atoms with Crippen LogP contribution in [0.4, 0.5) is 13.2 Å². The zero-order chi connectivity index (χ0) is 22.6. The summed E-state index contributed by atoms with van der Waals surface area (Å²) in [5.74, 6) is 0.649. The summed E-state index contributed by atoms with van der Waals surface area (Å²) in [4.78, 5) is 12.4. The van der Waals surface area contributed by atoms with Gasteiger partial charge in [-0.1, -0.05) is 17.3 Å². The average Bonchev–Trinajstić information content (AvgIpc) is 3.07. The van der Waals surface area contributed by atoms with Gasteiger partial charge >= 0.3 is 12.1 Å². The molecule has 0 N–H and O–H groups in total. The van der Waals surface area contributed by atoms with Crippen LogP contribution in [0.15, 0.2) is 47.0 Å². The Balaban J connectivity index is 1.67. The first-order chi connectivity index (χ1) is 14.7. The van der Waals surface area contributed by atoms with Crippen LogP contribution in [0.25, 0.3) is 0 Å². The fourth-order valence-electron chi connectivity index (χ4n) is 2.84. The van der Waals surface area contributed by atoms with Crippen LogP contribution < -0.4 is 9.47 Å². The van der Waals surface area contributed by atoms with Crippen molar-refractivity contribution in [2.45, 2.75) is 33.2 Å². The molecule has 1 aromatic heterocycles. The highest BCUT2D eigenvalue weighted by Crippen LogP contribution is 2.31. The lowest BCUT2D eigenvalue weighted by atomic mass is 10.1. The van der Waals surface area contributed by atoms with Gasteiger partial charge in [0.25, 0.3) is 0 Å². The molecule has 0 aliphatic rings. The first-order valence-corrected chi connectivity index (χ1v) is 9.25. The molecule has 6 nitrogen and oxygen atoms in total. The lowest BCUT2D eigenvalue weighted by Gasteiger charge is -2.12. The predicted molar refractivity (Wildman–Crippen MR) is 104 cm³/mol. The monoisotopic (exact) mass is 435 g/mol. The maximum Gasteiger partial charge on any atom is 0.416 e. The van der Waals surface area contributed by atoms with Crippen molar-refractivity contribution in [1.29, 1.82) is 0 Å². The zero-order valence-corrected chi connectivity index (χ0v) is 17.1. The number of hydrogen-bond acceptors (Lipinski definition) is 6. The van der Waals surface area contributed by atoms with Crippen molar-refractivity contribution in [3.63, 3.8) is 0 Å². The lowest BCUT2D eigenvalue weighted by molar-refractivity contribution is -0.137. The first-order valence-electron chi connectivity index (χ1n) is 9.25. The van der Waals surface area contributed by atoms with Gasteiger partial charge in [0, 0.05) is 0 Å². The molecular formula is C22H20F3NO5. The lowest BCUT2D eigenvalue weighted by Crippen LogP contribution is -2.08. The van der Waals surface area contributed by atoms with E-state index in [0.717, 1.165) is 17.7 Å². The second kappa shape index (κ2) is 9.11. The van der Waals surface area contributed by atoms with Gasteiger partial charge < -0.3 is 18.7 Å². The Kier molecular flexibility index (Phi) is 6.53. The maximum atomic E-state index is 12.8. The molecule has 164 valence electrons. The Morgan fingerprint density at radius 1 is 1.06 bits per heavy atom. The highest BCUT2D eigenvalue weighted by atomic mass is 19.4. The molecular weight excluding hydrogens is 415 g/mol. The second-order valence-corrected chi connectivity index (χ2v) is 6.73. The molecule has 9 heteroatoms. The molecule has 2 aromatic carbocycles. The van der Waals surface area contributed by atoms with Gasteiger partial charge in [-0.05, 0) is 49.7 Å².